The summed E-state index contributed by atoms with van der Waals surface area (Å²) in [5.74, 6) is -2.48. The number of carbonyl (C=O) groups excluding carboxylic acids is 3. The van der Waals surface area contributed by atoms with Crippen LogP contribution in [0.5, 0.6) is 0 Å². The van der Waals surface area contributed by atoms with Crippen LogP contribution in [0.15, 0.2) is 23.3 Å². The van der Waals surface area contributed by atoms with Gasteiger partial charge in [-0.1, -0.05) is 0 Å². The average molecular weight is 339 g/mol. The van der Waals surface area contributed by atoms with Crippen LogP contribution in [0.1, 0.15) is 31.5 Å². The zero-order valence-corrected chi connectivity index (χ0v) is 13.2. The molecule has 1 aliphatic heterocycles. The summed E-state index contributed by atoms with van der Waals surface area (Å²) in [4.78, 5) is 40.4. The molecule has 7 nitrogen and oxygen atoms in total. The number of hydrogen-bond donors (Lipinski definition) is 1. The van der Waals surface area contributed by atoms with Gasteiger partial charge in [-0.05, 0) is 26.0 Å². The van der Waals surface area contributed by atoms with Gasteiger partial charge in [0.1, 0.15) is 0 Å². The predicted molar refractivity (Wildman–Crippen MR) is 78.7 cm³/mol. The van der Waals surface area contributed by atoms with Crippen LogP contribution in [0.25, 0.3) is 0 Å². The van der Waals surface area contributed by atoms with Crippen molar-refractivity contribution in [1.29, 1.82) is 0 Å². The number of carbonyl (C=O) groups is 3. The van der Waals surface area contributed by atoms with Crippen LogP contribution in [-0.4, -0.2) is 39.4 Å². The van der Waals surface area contributed by atoms with Crippen LogP contribution in [0.2, 0.25) is 0 Å². The summed E-state index contributed by atoms with van der Waals surface area (Å²) in [5.41, 5.74) is -0.464. The molecule has 0 aromatic carbocycles. The van der Waals surface area contributed by atoms with Crippen molar-refractivity contribution in [3.63, 3.8) is 0 Å². The Morgan fingerprint density at radius 3 is 2.33 bits per heavy atom. The molecule has 0 spiro atoms. The second-order valence-electron chi connectivity index (χ2n) is 5.16. The first kappa shape index (κ1) is 17.7. The Labute approximate surface area is 136 Å². The highest BCUT2D eigenvalue weighted by atomic mass is 19.3. The van der Waals surface area contributed by atoms with Crippen LogP contribution in [0.3, 0.4) is 0 Å². The van der Waals surface area contributed by atoms with Gasteiger partial charge in [0.25, 0.3) is 18.2 Å². The van der Waals surface area contributed by atoms with Crippen molar-refractivity contribution in [1.82, 2.24) is 9.99 Å². The summed E-state index contributed by atoms with van der Waals surface area (Å²) in [6, 6.07) is 2.21. The molecular formula is C15H15F2N3O4. The van der Waals surface area contributed by atoms with Crippen LogP contribution in [0.4, 0.5) is 14.6 Å². The molecule has 1 aromatic heterocycles. The molecule has 0 saturated heterocycles. The van der Waals surface area contributed by atoms with E-state index in [9.17, 15) is 28.3 Å². The van der Waals surface area contributed by atoms with E-state index in [0.717, 1.165) is 19.1 Å². The maximum Gasteiger partial charge on any atom is 0.279 e. The van der Waals surface area contributed by atoms with E-state index in [1.165, 1.54) is 13.8 Å². The van der Waals surface area contributed by atoms with E-state index in [-0.39, 0.29) is 28.2 Å². The van der Waals surface area contributed by atoms with Crippen molar-refractivity contribution in [2.75, 3.05) is 11.6 Å². The van der Waals surface area contributed by atoms with Gasteiger partial charge < -0.3 is 5.11 Å². The quantitative estimate of drug-likeness (QED) is 0.835. The third-order valence-electron chi connectivity index (χ3n) is 3.64. The van der Waals surface area contributed by atoms with Gasteiger partial charge in [-0.25, -0.2) is 13.8 Å². The Hall–Kier alpha value is -2.68. The molecule has 0 saturated carbocycles. The SMILES string of the molecule is CC(=O)N(c1ccc(C(F)F)c(C)n1)N1C(=O)C(C)=C(CO)C1=O. The van der Waals surface area contributed by atoms with Gasteiger partial charge in [0.2, 0.25) is 5.91 Å². The van der Waals surface area contributed by atoms with Gasteiger partial charge in [0.05, 0.1) is 12.2 Å². The summed E-state index contributed by atoms with van der Waals surface area (Å²) in [7, 11) is 0. The maximum absolute atomic E-state index is 12.8. The van der Waals surface area contributed by atoms with Gasteiger partial charge in [-0.2, -0.15) is 10.0 Å². The molecule has 1 aliphatic rings. The van der Waals surface area contributed by atoms with Crippen LogP contribution < -0.4 is 5.01 Å². The zero-order chi connectivity index (χ0) is 18.2. The van der Waals surface area contributed by atoms with Crippen molar-refractivity contribution in [3.05, 3.63) is 34.5 Å². The molecule has 9 heteroatoms. The van der Waals surface area contributed by atoms with E-state index < -0.39 is 30.8 Å². The van der Waals surface area contributed by atoms with Crippen molar-refractivity contribution in [3.8, 4) is 0 Å². The number of aromatic nitrogens is 1. The number of amides is 3. The van der Waals surface area contributed by atoms with Gasteiger partial charge in [-0.15, -0.1) is 0 Å². The Morgan fingerprint density at radius 2 is 1.92 bits per heavy atom. The van der Waals surface area contributed by atoms with E-state index in [4.69, 9.17) is 0 Å². The minimum atomic E-state index is -2.74. The highest BCUT2D eigenvalue weighted by Gasteiger charge is 2.41. The number of anilines is 1. The molecule has 2 rings (SSSR count). The first-order valence-electron chi connectivity index (χ1n) is 6.96. The van der Waals surface area contributed by atoms with Gasteiger partial charge in [0.15, 0.2) is 5.82 Å². The van der Waals surface area contributed by atoms with Crippen molar-refractivity contribution >= 4 is 23.5 Å². The number of rotatable bonds is 4. The summed E-state index contributed by atoms with van der Waals surface area (Å²) in [6.07, 6.45) is -2.74. The summed E-state index contributed by atoms with van der Waals surface area (Å²) in [5, 5.41) is 10.5. The second kappa shape index (κ2) is 6.44. The highest BCUT2D eigenvalue weighted by molar-refractivity contribution is 6.21. The molecule has 2 heterocycles. The first-order valence-corrected chi connectivity index (χ1v) is 6.96. The standard InChI is InChI=1S/C15H15F2N3O4/c1-7-11(6-21)15(24)20(14(7)23)19(9(3)22)12-5-4-10(13(16)17)8(2)18-12/h4-5,13,21H,6H2,1-3H3. The molecule has 1 N–H and O–H groups in total. The number of hydrazine groups is 1. The molecule has 128 valence electrons. The fourth-order valence-corrected chi connectivity index (χ4v) is 2.35. The normalized spacial score (nSPS) is 14.9. The number of nitrogens with zero attached hydrogens (tertiary/aromatic N) is 3. The lowest BCUT2D eigenvalue weighted by Crippen LogP contribution is -2.50. The fraction of sp³-hybridized carbons (Fsp3) is 0.333. The van der Waals surface area contributed by atoms with Gasteiger partial charge in [0, 0.05) is 23.8 Å². The Bertz CT molecular complexity index is 761. The lowest BCUT2D eigenvalue weighted by Gasteiger charge is -2.28. The largest absolute Gasteiger partial charge is 0.391 e. The minimum Gasteiger partial charge on any atom is -0.391 e. The van der Waals surface area contributed by atoms with Crippen molar-refractivity contribution in [2.45, 2.75) is 27.2 Å². The van der Waals surface area contributed by atoms with Crippen molar-refractivity contribution in [2.24, 2.45) is 0 Å². The smallest absolute Gasteiger partial charge is 0.279 e. The number of aliphatic hydroxyl groups excluding tert-OH is 1. The molecule has 0 unspecified atom stereocenters. The molecule has 0 fully saturated rings. The summed E-state index contributed by atoms with van der Waals surface area (Å²) >= 11 is 0. The average Bonchev–Trinajstić information content (AvgIpc) is 2.70. The van der Waals surface area contributed by atoms with E-state index in [2.05, 4.69) is 4.98 Å². The maximum atomic E-state index is 12.8. The molecule has 0 atom stereocenters. The zero-order valence-electron chi connectivity index (χ0n) is 13.2. The number of aliphatic hydroxyl groups is 1. The summed E-state index contributed by atoms with van der Waals surface area (Å²) in [6.45, 7) is 3.13. The number of alkyl halides is 2. The Kier molecular flexibility index (Phi) is 4.74. The predicted octanol–water partition coefficient (Wildman–Crippen LogP) is 1.27. The van der Waals surface area contributed by atoms with Crippen LogP contribution >= 0.6 is 0 Å². The topological polar surface area (TPSA) is 90.8 Å². The summed E-state index contributed by atoms with van der Waals surface area (Å²) < 4.78 is 25.6. The van der Waals surface area contributed by atoms with Gasteiger partial charge >= 0.3 is 0 Å². The van der Waals surface area contributed by atoms with E-state index in [0.29, 0.717) is 10.0 Å². The van der Waals surface area contributed by atoms with Gasteiger partial charge in [-0.3, -0.25) is 14.4 Å². The molecule has 1 aromatic rings. The number of hydrogen-bond acceptors (Lipinski definition) is 5. The highest BCUT2D eigenvalue weighted by Crippen LogP contribution is 2.28. The van der Waals surface area contributed by atoms with Crippen LogP contribution in [-0.2, 0) is 14.4 Å². The number of pyridine rings is 1. The van der Waals surface area contributed by atoms with E-state index in [1.807, 2.05) is 0 Å². The molecule has 24 heavy (non-hydrogen) atoms. The second-order valence-corrected chi connectivity index (χ2v) is 5.16. The van der Waals surface area contributed by atoms with E-state index in [1.54, 1.807) is 0 Å². The van der Waals surface area contributed by atoms with E-state index >= 15 is 0 Å². The molecule has 0 aliphatic carbocycles. The minimum absolute atomic E-state index is 0.00896. The lowest BCUT2D eigenvalue weighted by molar-refractivity contribution is -0.142. The van der Waals surface area contributed by atoms with Crippen LogP contribution in [0, 0.1) is 6.92 Å². The number of imide groups is 1. The lowest BCUT2D eigenvalue weighted by atomic mass is 10.2. The Morgan fingerprint density at radius 1 is 1.29 bits per heavy atom. The monoisotopic (exact) mass is 339 g/mol. The number of aryl methyl sites for hydroxylation is 1. The molecular weight excluding hydrogens is 324 g/mol. The Balaban J connectivity index is 2.49. The molecule has 0 radical (unpaired) electrons. The fourth-order valence-electron chi connectivity index (χ4n) is 2.35. The first-order chi connectivity index (χ1) is 11.2. The third kappa shape index (κ3) is 2.78. The van der Waals surface area contributed by atoms with Crippen molar-refractivity contribution < 1.29 is 28.3 Å². The molecule has 0 bridgehead atoms. The number of halogens is 2. The molecule has 3 amide bonds. The third-order valence-corrected chi connectivity index (χ3v) is 3.64.